The molecule has 24 heavy (non-hydrogen) atoms. The zero-order valence-corrected chi connectivity index (χ0v) is 14.9. The Balaban J connectivity index is 2.29. The summed E-state index contributed by atoms with van der Waals surface area (Å²) in [6.45, 7) is 6.85. The van der Waals surface area contributed by atoms with Gasteiger partial charge in [-0.25, -0.2) is 0 Å². The van der Waals surface area contributed by atoms with Crippen molar-refractivity contribution in [1.29, 1.82) is 0 Å². The van der Waals surface area contributed by atoms with Crippen LogP contribution in [0.3, 0.4) is 0 Å². The predicted octanol–water partition coefficient (Wildman–Crippen LogP) is 4.52. The summed E-state index contributed by atoms with van der Waals surface area (Å²) >= 11 is 0. The normalized spacial score (nSPS) is 10.8. The number of unbranched alkanes of at least 4 members (excludes halogenated alkanes) is 2. The van der Waals surface area contributed by atoms with Crippen molar-refractivity contribution in [2.75, 3.05) is 6.61 Å². The lowest BCUT2D eigenvalue weighted by Gasteiger charge is -2.04. The fraction of sp³-hybridized carbons (Fsp3) is 0.526. The molecular formula is C19H27N3O2. The molecule has 0 fully saturated rings. The second-order valence-corrected chi connectivity index (χ2v) is 5.88. The molecule has 0 aliphatic heterocycles. The third-order valence-electron chi connectivity index (χ3n) is 3.92. The van der Waals surface area contributed by atoms with Gasteiger partial charge in [0.15, 0.2) is 5.82 Å². The molecule has 0 atom stereocenters. The quantitative estimate of drug-likeness (QED) is 0.635. The summed E-state index contributed by atoms with van der Waals surface area (Å²) in [5.74, 6) is 0.523. The van der Waals surface area contributed by atoms with Crippen molar-refractivity contribution in [3.8, 4) is 17.4 Å². The number of carbonyl (C=O) groups is 1. The Kier molecular flexibility index (Phi) is 6.97. The summed E-state index contributed by atoms with van der Waals surface area (Å²) in [6.07, 6.45) is 5.25. The van der Waals surface area contributed by atoms with Crippen LogP contribution in [0.5, 0.6) is 6.01 Å². The summed E-state index contributed by atoms with van der Waals surface area (Å²) in [7, 11) is 0. The fourth-order valence-electron chi connectivity index (χ4n) is 2.35. The monoisotopic (exact) mass is 329 g/mol. The molecule has 1 heterocycles. The number of benzene rings is 1. The highest BCUT2D eigenvalue weighted by Gasteiger charge is 2.18. The van der Waals surface area contributed by atoms with E-state index < -0.39 is 0 Å². The van der Waals surface area contributed by atoms with Crippen molar-refractivity contribution in [2.45, 2.75) is 59.3 Å². The minimum Gasteiger partial charge on any atom is -0.462 e. The van der Waals surface area contributed by atoms with Crippen LogP contribution in [0.15, 0.2) is 24.3 Å². The number of rotatable bonds is 9. The van der Waals surface area contributed by atoms with Gasteiger partial charge < -0.3 is 4.74 Å². The van der Waals surface area contributed by atoms with Crippen LogP contribution in [0.25, 0.3) is 11.4 Å². The first-order valence-corrected chi connectivity index (χ1v) is 8.91. The molecule has 2 rings (SSSR count). The van der Waals surface area contributed by atoms with Crippen LogP contribution < -0.4 is 4.74 Å². The average molecular weight is 329 g/mol. The summed E-state index contributed by atoms with van der Waals surface area (Å²) in [5.41, 5.74) is 2.14. The Bertz CT molecular complexity index is 647. The van der Waals surface area contributed by atoms with Crippen LogP contribution in [0.1, 0.15) is 63.2 Å². The van der Waals surface area contributed by atoms with Gasteiger partial charge in [-0.3, -0.25) is 4.79 Å². The molecule has 0 N–H and O–H groups in total. The molecule has 0 aliphatic carbocycles. The van der Waals surface area contributed by atoms with Crippen LogP contribution in [-0.2, 0) is 6.42 Å². The molecule has 0 saturated heterocycles. The van der Waals surface area contributed by atoms with E-state index in [1.807, 2.05) is 12.1 Å². The van der Waals surface area contributed by atoms with Gasteiger partial charge >= 0.3 is 6.01 Å². The summed E-state index contributed by atoms with van der Waals surface area (Å²) < 4.78 is 6.99. The van der Waals surface area contributed by atoms with Crippen LogP contribution in [-0.4, -0.2) is 27.3 Å². The van der Waals surface area contributed by atoms with Gasteiger partial charge in [-0.1, -0.05) is 57.9 Å². The lowest BCUT2D eigenvalue weighted by Crippen LogP contribution is -2.14. The minimum atomic E-state index is -0.0377. The van der Waals surface area contributed by atoms with Crippen molar-refractivity contribution in [3.05, 3.63) is 29.8 Å². The Labute approximate surface area is 144 Å². The highest BCUT2D eigenvalue weighted by Crippen LogP contribution is 2.21. The molecule has 0 aliphatic rings. The second kappa shape index (κ2) is 9.21. The van der Waals surface area contributed by atoms with Crippen molar-refractivity contribution in [2.24, 2.45) is 0 Å². The Morgan fingerprint density at radius 1 is 1.08 bits per heavy atom. The maximum Gasteiger partial charge on any atom is 0.336 e. The topological polar surface area (TPSA) is 57.0 Å². The van der Waals surface area contributed by atoms with Crippen molar-refractivity contribution >= 4 is 5.91 Å². The van der Waals surface area contributed by atoms with E-state index in [0.717, 1.165) is 37.7 Å². The smallest absolute Gasteiger partial charge is 0.336 e. The summed E-state index contributed by atoms with van der Waals surface area (Å²) in [6, 6.07) is 8.37. The molecule has 0 spiro atoms. The predicted molar refractivity (Wildman–Crippen MR) is 95.4 cm³/mol. The number of hydrogen-bond acceptors (Lipinski definition) is 4. The molecule has 2 aromatic rings. The van der Waals surface area contributed by atoms with Crippen molar-refractivity contribution in [3.63, 3.8) is 0 Å². The summed E-state index contributed by atoms with van der Waals surface area (Å²) in [4.78, 5) is 16.9. The van der Waals surface area contributed by atoms with E-state index in [-0.39, 0.29) is 11.9 Å². The molecule has 0 radical (unpaired) electrons. The van der Waals surface area contributed by atoms with Gasteiger partial charge in [0.05, 0.1) is 6.61 Å². The first-order valence-electron chi connectivity index (χ1n) is 8.91. The Morgan fingerprint density at radius 2 is 1.79 bits per heavy atom. The average Bonchev–Trinajstić information content (AvgIpc) is 3.04. The van der Waals surface area contributed by atoms with E-state index in [9.17, 15) is 4.79 Å². The molecule has 1 aromatic carbocycles. The highest BCUT2D eigenvalue weighted by atomic mass is 16.5. The minimum absolute atomic E-state index is 0.0377. The Morgan fingerprint density at radius 3 is 2.42 bits per heavy atom. The molecular weight excluding hydrogens is 302 g/mol. The van der Waals surface area contributed by atoms with Crippen LogP contribution in [0.4, 0.5) is 0 Å². The van der Waals surface area contributed by atoms with Gasteiger partial charge in [0.1, 0.15) is 0 Å². The van der Waals surface area contributed by atoms with E-state index in [4.69, 9.17) is 4.74 Å². The SMILES string of the molecule is CCCCOc1nc(-c2ccc(CC)cc2)n(C(=O)CCCC)n1. The van der Waals surface area contributed by atoms with E-state index in [1.165, 1.54) is 10.2 Å². The molecule has 0 unspecified atom stereocenters. The van der Waals surface area contributed by atoms with Crippen molar-refractivity contribution in [1.82, 2.24) is 14.8 Å². The molecule has 5 nitrogen and oxygen atoms in total. The van der Waals surface area contributed by atoms with Gasteiger partial charge in [0, 0.05) is 12.0 Å². The number of aryl methyl sites for hydroxylation is 1. The highest BCUT2D eigenvalue weighted by molar-refractivity contribution is 5.82. The molecule has 5 heteroatoms. The van der Waals surface area contributed by atoms with Crippen LogP contribution in [0.2, 0.25) is 0 Å². The molecule has 130 valence electrons. The molecule has 0 saturated carbocycles. The van der Waals surface area contributed by atoms with Crippen molar-refractivity contribution < 1.29 is 9.53 Å². The maximum atomic E-state index is 12.5. The van der Waals surface area contributed by atoms with E-state index in [2.05, 4.69) is 43.0 Å². The number of ether oxygens (including phenoxy) is 1. The van der Waals surface area contributed by atoms with Crippen LogP contribution in [0, 0.1) is 0 Å². The third kappa shape index (κ3) is 4.66. The second-order valence-electron chi connectivity index (χ2n) is 5.88. The van der Waals surface area contributed by atoms with Gasteiger partial charge in [-0.2, -0.15) is 9.67 Å². The lowest BCUT2D eigenvalue weighted by atomic mass is 10.1. The zero-order valence-electron chi connectivity index (χ0n) is 14.9. The number of nitrogens with zero attached hydrogens (tertiary/aromatic N) is 3. The molecule has 0 amide bonds. The standard InChI is InChI=1S/C19H27N3O2/c1-4-7-9-17(23)22-18(16-12-10-15(6-3)11-13-16)20-19(21-22)24-14-8-5-2/h10-13H,4-9,14H2,1-3H3. The van der Waals surface area contributed by atoms with Gasteiger partial charge in [0.25, 0.3) is 0 Å². The molecule has 1 aromatic heterocycles. The third-order valence-corrected chi connectivity index (χ3v) is 3.92. The fourth-order valence-corrected chi connectivity index (χ4v) is 2.35. The number of aromatic nitrogens is 3. The maximum absolute atomic E-state index is 12.5. The van der Waals surface area contributed by atoms with Gasteiger partial charge in [0.2, 0.25) is 5.91 Å². The first-order chi connectivity index (χ1) is 11.7. The number of hydrogen-bond donors (Lipinski definition) is 0. The zero-order chi connectivity index (χ0) is 17.4. The summed E-state index contributed by atoms with van der Waals surface area (Å²) in [5, 5.41) is 4.29. The Hall–Kier alpha value is -2.17. The van der Waals surface area contributed by atoms with Gasteiger partial charge in [-0.05, 0) is 24.8 Å². The first kappa shape index (κ1) is 18.2. The van der Waals surface area contributed by atoms with E-state index in [0.29, 0.717) is 18.9 Å². The molecule has 0 bridgehead atoms. The largest absolute Gasteiger partial charge is 0.462 e. The number of carbonyl (C=O) groups excluding carboxylic acids is 1. The lowest BCUT2D eigenvalue weighted by molar-refractivity contribution is 0.0883. The van der Waals surface area contributed by atoms with Gasteiger partial charge in [-0.15, -0.1) is 5.10 Å². The van der Waals surface area contributed by atoms with E-state index in [1.54, 1.807) is 0 Å². The van der Waals surface area contributed by atoms with Crippen LogP contribution >= 0.6 is 0 Å². The van der Waals surface area contributed by atoms with E-state index >= 15 is 0 Å².